The summed E-state index contributed by atoms with van der Waals surface area (Å²) in [5, 5.41) is 4.70. The second-order valence-corrected chi connectivity index (χ2v) is 16.2. The lowest BCUT2D eigenvalue weighted by atomic mass is 9.82. The third kappa shape index (κ3) is 4.40. The molecule has 0 unspecified atom stereocenters. The van der Waals surface area contributed by atoms with Crippen LogP contribution in [0.3, 0.4) is 0 Å². The zero-order valence-corrected chi connectivity index (χ0v) is 30.9. The molecule has 0 amide bonds. The number of hydrogen-bond donors (Lipinski definition) is 0. The molecule has 0 aliphatic heterocycles. The van der Waals surface area contributed by atoms with Gasteiger partial charge in [-0.25, -0.2) is 0 Å². The van der Waals surface area contributed by atoms with Crippen LogP contribution in [-0.2, 0) is 10.8 Å². The molecule has 54 heavy (non-hydrogen) atoms. The van der Waals surface area contributed by atoms with Gasteiger partial charge in [0.2, 0.25) is 0 Å². The lowest BCUT2D eigenvalue weighted by Gasteiger charge is -2.28. The Balaban J connectivity index is 1.04. The minimum absolute atomic E-state index is 0.0458. The molecule has 258 valence electrons. The van der Waals surface area contributed by atoms with Gasteiger partial charge in [0.1, 0.15) is 11.2 Å². The fraction of sp³-hybridized carbons (Fsp3) is 0.115. The van der Waals surface area contributed by atoms with Crippen LogP contribution in [0.1, 0.15) is 49.9 Å². The molecule has 0 N–H and O–H groups in total. The van der Waals surface area contributed by atoms with Crippen molar-refractivity contribution in [2.75, 3.05) is 4.90 Å². The molecular weight excluding hydrogens is 655 g/mol. The largest absolute Gasteiger partial charge is 0.456 e. The number of furan rings is 1. The van der Waals surface area contributed by atoms with Gasteiger partial charge in [-0.05, 0) is 127 Å². The number of hydrogen-bond acceptors (Lipinski definition) is 2. The molecule has 0 bridgehead atoms. The van der Waals surface area contributed by atoms with Gasteiger partial charge in [0, 0.05) is 38.7 Å². The number of anilines is 3. The van der Waals surface area contributed by atoms with Crippen molar-refractivity contribution >= 4 is 49.8 Å². The van der Waals surface area contributed by atoms with Gasteiger partial charge in [-0.15, -0.1) is 0 Å². The van der Waals surface area contributed by atoms with E-state index in [2.05, 4.69) is 184 Å². The quantitative estimate of drug-likeness (QED) is 0.182. The molecule has 2 heteroatoms. The van der Waals surface area contributed by atoms with E-state index >= 15 is 0 Å². The second-order valence-electron chi connectivity index (χ2n) is 16.2. The normalized spacial score (nSPS) is 14.6. The highest BCUT2D eigenvalue weighted by atomic mass is 16.3. The van der Waals surface area contributed by atoms with Crippen molar-refractivity contribution in [3.63, 3.8) is 0 Å². The van der Waals surface area contributed by atoms with Crippen LogP contribution in [0.5, 0.6) is 0 Å². The maximum Gasteiger partial charge on any atom is 0.136 e. The maximum atomic E-state index is 6.24. The third-order valence-corrected chi connectivity index (χ3v) is 12.4. The Labute approximate surface area is 315 Å². The molecule has 1 heterocycles. The highest BCUT2D eigenvalue weighted by molar-refractivity contribution is 6.10. The Hall–Kier alpha value is -6.38. The Morgan fingerprint density at radius 2 is 0.907 bits per heavy atom. The lowest BCUT2D eigenvalue weighted by molar-refractivity contribution is 0.660. The Bertz CT molecular complexity index is 2890. The summed E-state index contributed by atoms with van der Waals surface area (Å²) in [4.78, 5) is 2.44. The summed E-state index contributed by atoms with van der Waals surface area (Å²) >= 11 is 0. The number of para-hydroxylation sites is 1. The van der Waals surface area contributed by atoms with E-state index in [1.165, 1.54) is 66.4 Å². The number of rotatable bonds is 4. The molecule has 0 saturated carbocycles. The molecule has 0 radical (unpaired) electrons. The maximum absolute atomic E-state index is 6.24. The van der Waals surface area contributed by atoms with Crippen LogP contribution in [0.25, 0.3) is 66.1 Å². The van der Waals surface area contributed by atoms with Crippen LogP contribution in [0.4, 0.5) is 17.1 Å². The van der Waals surface area contributed by atoms with Gasteiger partial charge in [0.05, 0.1) is 0 Å². The van der Waals surface area contributed by atoms with Gasteiger partial charge in [0.25, 0.3) is 0 Å². The topological polar surface area (TPSA) is 16.4 Å². The average molecular weight is 694 g/mol. The fourth-order valence-electron chi connectivity index (χ4n) is 9.59. The zero-order valence-electron chi connectivity index (χ0n) is 30.9. The molecule has 2 aliphatic carbocycles. The molecule has 0 spiro atoms. The van der Waals surface area contributed by atoms with Crippen molar-refractivity contribution in [2.45, 2.75) is 38.5 Å². The zero-order chi connectivity index (χ0) is 36.3. The van der Waals surface area contributed by atoms with E-state index in [4.69, 9.17) is 4.42 Å². The van der Waals surface area contributed by atoms with Crippen molar-refractivity contribution in [1.82, 2.24) is 0 Å². The SMILES string of the molecule is CC1(C)c2ccccc2-c2cc(N(c3ccc(-c4ccc5cc6c(cc5c4)oc4ccccc46)cc3)c3ccc4c(c3)-c3ccccc3C4(C)C)ccc21. The Morgan fingerprint density at radius 1 is 0.370 bits per heavy atom. The molecule has 9 aromatic rings. The van der Waals surface area contributed by atoms with Gasteiger partial charge in [-0.1, -0.05) is 131 Å². The molecule has 0 fully saturated rings. The second kappa shape index (κ2) is 11.1. The first-order valence-corrected chi connectivity index (χ1v) is 19.0. The first kappa shape index (κ1) is 31.2. The van der Waals surface area contributed by atoms with Gasteiger partial charge < -0.3 is 9.32 Å². The van der Waals surface area contributed by atoms with Crippen LogP contribution in [0.15, 0.2) is 168 Å². The molecule has 1 aromatic heterocycles. The average Bonchev–Trinajstić information content (AvgIpc) is 3.76. The minimum atomic E-state index is -0.0458. The number of nitrogens with zero attached hydrogens (tertiary/aromatic N) is 1. The van der Waals surface area contributed by atoms with Gasteiger partial charge in [-0.3, -0.25) is 0 Å². The van der Waals surface area contributed by atoms with Crippen molar-refractivity contribution in [3.8, 4) is 33.4 Å². The molecule has 2 nitrogen and oxygen atoms in total. The van der Waals surface area contributed by atoms with Gasteiger partial charge in [0.15, 0.2) is 0 Å². The third-order valence-electron chi connectivity index (χ3n) is 12.4. The standard InChI is InChI=1S/C52H39NO/c1-51(2)45-14-8-5-11-39(45)42-30-37(23-25-47(42)51)53(38-24-26-48-43(31-38)40-12-6-9-15-46(40)52(48,3)4)36-21-19-32(20-22-36)33-17-18-34-28-44-41-13-7-10-16-49(41)54-50(44)29-35(34)27-33/h5-31H,1-4H3. The number of benzene rings is 8. The minimum Gasteiger partial charge on any atom is -0.456 e. The molecule has 11 rings (SSSR count). The Kier molecular flexibility index (Phi) is 6.39. The number of fused-ring (bicyclic) bond motifs is 10. The van der Waals surface area contributed by atoms with Crippen molar-refractivity contribution in [3.05, 3.63) is 186 Å². The van der Waals surface area contributed by atoms with Crippen LogP contribution < -0.4 is 4.90 Å². The lowest BCUT2D eigenvalue weighted by Crippen LogP contribution is -2.16. The van der Waals surface area contributed by atoms with E-state index in [9.17, 15) is 0 Å². The monoisotopic (exact) mass is 693 g/mol. The van der Waals surface area contributed by atoms with E-state index < -0.39 is 0 Å². The summed E-state index contributed by atoms with van der Waals surface area (Å²) in [7, 11) is 0. The van der Waals surface area contributed by atoms with E-state index in [-0.39, 0.29) is 10.8 Å². The van der Waals surface area contributed by atoms with E-state index in [1.807, 2.05) is 12.1 Å². The molecule has 2 aliphatic rings. The molecular formula is C52H39NO. The van der Waals surface area contributed by atoms with Crippen molar-refractivity contribution < 1.29 is 4.42 Å². The van der Waals surface area contributed by atoms with Crippen molar-refractivity contribution in [1.29, 1.82) is 0 Å². The summed E-state index contributed by atoms with van der Waals surface area (Å²) in [5.74, 6) is 0. The highest BCUT2D eigenvalue weighted by Crippen LogP contribution is 2.53. The summed E-state index contributed by atoms with van der Waals surface area (Å²) < 4.78 is 6.24. The van der Waals surface area contributed by atoms with Crippen LogP contribution >= 0.6 is 0 Å². The van der Waals surface area contributed by atoms with E-state index in [0.717, 1.165) is 39.0 Å². The van der Waals surface area contributed by atoms with Crippen LogP contribution in [-0.4, -0.2) is 0 Å². The summed E-state index contributed by atoms with van der Waals surface area (Å²) in [5.41, 5.74) is 18.4. The van der Waals surface area contributed by atoms with Crippen LogP contribution in [0.2, 0.25) is 0 Å². The smallest absolute Gasteiger partial charge is 0.136 e. The highest BCUT2D eigenvalue weighted by Gasteiger charge is 2.37. The predicted molar refractivity (Wildman–Crippen MR) is 226 cm³/mol. The van der Waals surface area contributed by atoms with Gasteiger partial charge in [-0.2, -0.15) is 0 Å². The Morgan fingerprint density at radius 3 is 1.56 bits per heavy atom. The first-order valence-electron chi connectivity index (χ1n) is 19.0. The summed E-state index contributed by atoms with van der Waals surface area (Å²) in [6, 6.07) is 60.5. The first-order chi connectivity index (χ1) is 26.3. The van der Waals surface area contributed by atoms with Gasteiger partial charge >= 0.3 is 0 Å². The van der Waals surface area contributed by atoms with Crippen molar-refractivity contribution in [2.24, 2.45) is 0 Å². The molecule has 0 atom stereocenters. The predicted octanol–water partition coefficient (Wildman–Crippen LogP) is 14.5. The molecule has 8 aromatic carbocycles. The fourth-order valence-corrected chi connectivity index (χ4v) is 9.59. The van der Waals surface area contributed by atoms with Crippen LogP contribution in [0, 0.1) is 0 Å². The van der Waals surface area contributed by atoms with E-state index in [1.54, 1.807) is 0 Å². The summed E-state index contributed by atoms with van der Waals surface area (Å²) in [6.07, 6.45) is 0. The van der Waals surface area contributed by atoms with E-state index in [0.29, 0.717) is 0 Å². The summed E-state index contributed by atoms with van der Waals surface area (Å²) in [6.45, 7) is 9.39. The molecule has 0 saturated heterocycles.